The molecule has 152 valence electrons. The number of rotatable bonds is 5. The molecule has 0 N–H and O–H groups in total. The molecular weight excluding hydrogens is 412 g/mol. The maximum Gasteiger partial charge on any atom is 0.255 e. The number of hydrogen-bond acceptors (Lipinski definition) is 6. The molecule has 5 nitrogen and oxygen atoms in total. The number of benzene rings is 2. The van der Waals surface area contributed by atoms with Gasteiger partial charge < -0.3 is 9.80 Å². The first-order valence-corrected chi connectivity index (χ1v) is 11.8. The first-order chi connectivity index (χ1) is 14.7. The van der Waals surface area contributed by atoms with Crippen molar-refractivity contribution in [2.75, 3.05) is 31.1 Å². The van der Waals surface area contributed by atoms with Crippen LogP contribution in [-0.4, -0.2) is 42.0 Å². The summed E-state index contributed by atoms with van der Waals surface area (Å²) >= 11 is 3.25. The summed E-state index contributed by atoms with van der Waals surface area (Å²) in [5.74, 6) is 0.860. The molecule has 2 heterocycles. The van der Waals surface area contributed by atoms with Gasteiger partial charge in [0.25, 0.3) is 5.91 Å². The van der Waals surface area contributed by atoms with Gasteiger partial charge in [-0.3, -0.25) is 4.79 Å². The van der Waals surface area contributed by atoms with Crippen molar-refractivity contribution >= 4 is 34.7 Å². The van der Waals surface area contributed by atoms with Gasteiger partial charge in [0.15, 0.2) is 0 Å². The fourth-order valence-electron chi connectivity index (χ4n) is 3.53. The Morgan fingerprint density at radius 2 is 1.93 bits per heavy atom. The zero-order valence-electron chi connectivity index (χ0n) is 16.5. The molecule has 0 bridgehead atoms. The Labute approximate surface area is 185 Å². The minimum absolute atomic E-state index is 0.0954. The molecule has 1 fully saturated rings. The average Bonchev–Trinajstić information content (AvgIpc) is 3.20. The summed E-state index contributed by atoms with van der Waals surface area (Å²) in [6.07, 6.45) is 0.917. The number of nitrogens with zero attached hydrogens (tertiary/aromatic N) is 4. The summed E-state index contributed by atoms with van der Waals surface area (Å²) in [7, 11) is 0. The molecule has 0 radical (unpaired) electrons. The van der Waals surface area contributed by atoms with Crippen molar-refractivity contribution < 1.29 is 4.79 Å². The summed E-state index contributed by atoms with van der Waals surface area (Å²) in [4.78, 5) is 22.9. The first-order valence-electron chi connectivity index (χ1n) is 9.88. The number of thiazole rings is 1. The van der Waals surface area contributed by atoms with E-state index in [1.165, 1.54) is 0 Å². The molecule has 1 aromatic heterocycles. The fraction of sp³-hybridized carbons (Fsp3) is 0.261. The minimum atomic E-state index is 0.0954. The van der Waals surface area contributed by atoms with Crippen molar-refractivity contribution in [2.24, 2.45) is 0 Å². The molecule has 7 heteroatoms. The number of carbonyl (C=O) groups is 1. The number of nitriles is 1. The monoisotopic (exact) mass is 434 g/mol. The lowest BCUT2D eigenvalue weighted by Crippen LogP contribution is -2.35. The normalized spacial score (nSPS) is 14.2. The largest absolute Gasteiger partial charge is 0.370 e. The van der Waals surface area contributed by atoms with Crippen LogP contribution < -0.4 is 4.90 Å². The van der Waals surface area contributed by atoms with Crippen molar-refractivity contribution in [3.05, 3.63) is 76.2 Å². The maximum atomic E-state index is 13.3. The standard InChI is InChI=1S/C23H22N4OS2/c24-14-18-6-8-20(9-7-18)26-10-3-11-27(13-12-26)23(28)21-4-1-2-5-22(21)30-16-19-15-29-17-25-19/h1-2,4-9,15,17H,3,10-13,16H2. The van der Waals surface area contributed by atoms with Gasteiger partial charge in [-0.25, -0.2) is 4.98 Å². The van der Waals surface area contributed by atoms with Gasteiger partial charge in [0, 0.05) is 47.9 Å². The molecule has 3 aromatic rings. The second-order valence-corrected chi connectivity index (χ2v) is 8.79. The Hall–Kier alpha value is -2.82. The number of carbonyl (C=O) groups excluding carboxylic acids is 1. The van der Waals surface area contributed by atoms with E-state index in [4.69, 9.17) is 5.26 Å². The molecule has 0 aliphatic carbocycles. The fourth-order valence-corrected chi connectivity index (χ4v) is 5.14. The molecule has 1 aliphatic rings. The maximum absolute atomic E-state index is 13.3. The molecule has 4 rings (SSSR count). The average molecular weight is 435 g/mol. The van der Waals surface area contributed by atoms with E-state index in [1.54, 1.807) is 23.1 Å². The number of hydrogen-bond donors (Lipinski definition) is 0. The van der Waals surface area contributed by atoms with Gasteiger partial charge in [0.2, 0.25) is 0 Å². The van der Waals surface area contributed by atoms with Crippen LogP contribution in [0.1, 0.15) is 28.0 Å². The second kappa shape index (κ2) is 9.79. The van der Waals surface area contributed by atoms with E-state index in [2.05, 4.69) is 16.0 Å². The van der Waals surface area contributed by atoms with E-state index in [-0.39, 0.29) is 5.91 Å². The second-order valence-electron chi connectivity index (χ2n) is 7.06. The quantitative estimate of drug-likeness (QED) is 0.547. The summed E-state index contributed by atoms with van der Waals surface area (Å²) < 4.78 is 0. The Morgan fingerprint density at radius 3 is 2.70 bits per heavy atom. The van der Waals surface area contributed by atoms with Crippen molar-refractivity contribution in [3.8, 4) is 6.07 Å². The smallest absolute Gasteiger partial charge is 0.255 e. The van der Waals surface area contributed by atoms with Crippen LogP contribution in [0.4, 0.5) is 5.69 Å². The lowest BCUT2D eigenvalue weighted by molar-refractivity contribution is 0.0763. The molecule has 30 heavy (non-hydrogen) atoms. The Morgan fingerprint density at radius 1 is 1.10 bits per heavy atom. The van der Waals surface area contributed by atoms with Gasteiger partial charge in [0.1, 0.15) is 0 Å². The van der Waals surface area contributed by atoms with Crippen LogP contribution in [0, 0.1) is 11.3 Å². The molecular formula is C23H22N4OS2. The molecule has 2 aromatic carbocycles. The summed E-state index contributed by atoms with van der Waals surface area (Å²) in [6, 6.07) is 17.7. The van der Waals surface area contributed by atoms with Crippen molar-refractivity contribution in [1.82, 2.24) is 9.88 Å². The highest BCUT2D eigenvalue weighted by Crippen LogP contribution is 2.28. The summed E-state index contributed by atoms with van der Waals surface area (Å²) in [5, 5.41) is 11.0. The van der Waals surface area contributed by atoms with Crippen LogP contribution >= 0.6 is 23.1 Å². The van der Waals surface area contributed by atoms with Gasteiger partial charge in [-0.05, 0) is 42.8 Å². The lowest BCUT2D eigenvalue weighted by atomic mass is 10.2. The number of thioether (sulfide) groups is 1. The molecule has 1 aliphatic heterocycles. The van der Waals surface area contributed by atoms with Gasteiger partial charge in [0.05, 0.1) is 28.4 Å². The van der Waals surface area contributed by atoms with E-state index in [0.29, 0.717) is 12.1 Å². The zero-order chi connectivity index (χ0) is 20.8. The zero-order valence-corrected chi connectivity index (χ0v) is 18.2. The Kier molecular flexibility index (Phi) is 6.67. The molecule has 0 unspecified atom stereocenters. The Balaban J connectivity index is 1.43. The van der Waals surface area contributed by atoms with Gasteiger partial charge in [-0.15, -0.1) is 23.1 Å². The third-order valence-corrected chi connectivity index (χ3v) is 6.86. The van der Waals surface area contributed by atoms with E-state index < -0.39 is 0 Å². The first kappa shape index (κ1) is 20.5. The topological polar surface area (TPSA) is 60.2 Å². The van der Waals surface area contributed by atoms with Crippen LogP contribution in [-0.2, 0) is 5.75 Å². The lowest BCUT2D eigenvalue weighted by Gasteiger charge is -2.24. The van der Waals surface area contributed by atoms with Gasteiger partial charge in [-0.1, -0.05) is 12.1 Å². The predicted molar refractivity (Wildman–Crippen MR) is 122 cm³/mol. The number of anilines is 1. The molecule has 0 atom stereocenters. The van der Waals surface area contributed by atoms with Crippen molar-refractivity contribution in [3.63, 3.8) is 0 Å². The Bertz CT molecular complexity index is 1030. The molecule has 1 amide bonds. The third kappa shape index (κ3) is 4.84. The van der Waals surface area contributed by atoms with Crippen LogP contribution in [0.25, 0.3) is 0 Å². The summed E-state index contributed by atoms with van der Waals surface area (Å²) in [5.41, 5.74) is 5.41. The van der Waals surface area contributed by atoms with E-state index in [9.17, 15) is 4.79 Å². The van der Waals surface area contributed by atoms with Gasteiger partial charge >= 0.3 is 0 Å². The molecule has 1 saturated heterocycles. The number of aromatic nitrogens is 1. The van der Waals surface area contributed by atoms with E-state index >= 15 is 0 Å². The number of amides is 1. The highest BCUT2D eigenvalue weighted by atomic mass is 32.2. The molecule has 0 saturated carbocycles. The van der Waals surface area contributed by atoms with Crippen LogP contribution in [0.5, 0.6) is 0 Å². The van der Waals surface area contributed by atoms with Gasteiger partial charge in [-0.2, -0.15) is 5.26 Å². The van der Waals surface area contributed by atoms with E-state index in [0.717, 1.165) is 53.6 Å². The predicted octanol–water partition coefficient (Wildman–Crippen LogP) is 4.66. The highest BCUT2D eigenvalue weighted by molar-refractivity contribution is 7.98. The van der Waals surface area contributed by atoms with E-state index in [1.807, 2.05) is 64.3 Å². The SMILES string of the molecule is N#Cc1ccc(N2CCCN(C(=O)c3ccccc3SCc3cscn3)CC2)cc1. The minimum Gasteiger partial charge on any atom is -0.370 e. The van der Waals surface area contributed by atoms with Crippen LogP contribution in [0.2, 0.25) is 0 Å². The molecule has 0 spiro atoms. The summed E-state index contributed by atoms with van der Waals surface area (Å²) in [6.45, 7) is 3.11. The van der Waals surface area contributed by atoms with Crippen LogP contribution in [0.15, 0.2) is 64.3 Å². The van der Waals surface area contributed by atoms with Crippen LogP contribution in [0.3, 0.4) is 0 Å². The van der Waals surface area contributed by atoms with Crippen molar-refractivity contribution in [1.29, 1.82) is 5.26 Å². The third-order valence-electron chi connectivity index (χ3n) is 5.12. The highest BCUT2D eigenvalue weighted by Gasteiger charge is 2.22. The van der Waals surface area contributed by atoms with Crippen molar-refractivity contribution in [2.45, 2.75) is 17.1 Å².